The first-order chi connectivity index (χ1) is 10.1. The predicted octanol–water partition coefficient (Wildman–Crippen LogP) is 2.42. The maximum atomic E-state index is 12.2. The van der Waals surface area contributed by atoms with Gasteiger partial charge in [0.05, 0.1) is 11.6 Å². The Morgan fingerprint density at radius 2 is 2.10 bits per heavy atom. The third-order valence-corrected chi connectivity index (χ3v) is 3.38. The van der Waals surface area contributed by atoms with Gasteiger partial charge in [0.25, 0.3) is 0 Å². The van der Waals surface area contributed by atoms with Crippen LogP contribution >= 0.6 is 23.8 Å². The summed E-state index contributed by atoms with van der Waals surface area (Å²) in [5.74, 6) is 0.480. The second-order valence-corrected chi connectivity index (χ2v) is 5.54. The highest BCUT2D eigenvalue weighted by atomic mass is 35.5. The molecule has 3 rings (SSSR count). The lowest BCUT2D eigenvalue weighted by Crippen LogP contribution is -2.26. The van der Waals surface area contributed by atoms with Gasteiger partial charge in [0, 0.05) is 6.04 Å². The summed E-state index contributed by atoms with van der Waals surface area (Å²) in [7, 11) is 0. The van der Waals surface area contributed by atoms with E-state index in [1.165, 1.54) is 4.57 Å². The molecule has 0 radical (unpaired) electrons. The van der Waals surface area contributed by atoms with Crippen LogP contribution in [-0.4, -0.2) is 18.8 Å². The fourth-order valence-corrected chi connectivity index (χ4v) is 2.12. The van der Waals surface area contributed by atoms with Gasteiger partial charge in [0.2, 0.25) is 0 Å². The molecule has 0 N–H and O–H groups in total. The summed E-state index contributed by atoms with van der Waals surface area (Å²) in [6.45, 7) is 0. The minimum Gasteiger partial charge on any atom is -0.424 e. The average molecular weight is 321 g/mol. The van der Waals surface area contributed by atoms with Gasteiger partial charge in [-0.05, 0) is 60.9 Å². The van der Waals surface area contributed by atoms with Crippen molar-refractivity contribution in [1.29, 1.82) is 5.26 Å². The average Bonchev–Trinajstić information content (AvgIpc) is 3.24. The molecule has 0 saturated heterocycles. The summed E-state index contributed by atoms with van der Waals surface area (Å²) in [4.78, 5) is 12.2. The van der Waals surface area contributed by atoms with Crippen molar-refractivity contribution in [3.05, 3.63) is 40.3 Å². The van der Waals surface area contributed by atoms with Gasteiger partial charge >= 0.3 is 11.7 Å². The Morgan fingerprint density at radius 1 is 1.43 bits per heavy atom. The number of hydrogen-bond acceptors (Lipinski definition) is 5. The fourth-order valence-electron chi connectivity index (χ4n) is 1.89. The van der Waals surface area contributed by atoms with Crippen molar-refractivity contribution in [3.63, 3.8) is 0 Å². The number of aromatic nitrogens is 3. The summed E-state index contributed by atoms with van der Waals surface area (Å²) in [5, 5.41) is 12.8. The van der Waals surface area contributed by atoms with Crippen LogP contribution in [0.15, 0.2) is 29.1 Å². The molecular weight excluding hydrogens is 312 g/mol. The van der Waals surface area contributed by atoms with Crippen LogP contribution in [-0.2, 0) is 0 Å². The molecule has 0 bridgehead atoms. The summed E-state index contributed by atoms with van der Waals surface area (Å²) >= 11 is 10.5. The van der Waals surface area contributed by atoms with E-state index in [0.29, 0.717) is 11.3 Å². The monoisotopic (exact) mass is 320 g/mol. The highest BCUT2D eigenvalue weighted by Crippen LogP contribution is 2.37. The lowest BCUT2D eigenvalue weighted by Gasteiger charge is -2.05. The smallest absolute Gasteiger partial charge is 0.355 e. The minimum atomic E-state index is -0.402. The van der Waals surface area contributed by atoms with E-state index in [9.17, 15) is 4.79 Å². The standard InChI is InChI=1S/C13H9ClN4O2S/c14-11(21)18-13(19)17(9-3-4-9)12(16-18)20-10-5-1-8(7-15)2-6-10/h1-2,5-6,9H,3-4H2. The molecule has 0 unspecified atom stereocenters. The number of rotatable bonds is 3. The fraction of sp³-hybridized carbons (Fsp3) is 0.231. The van der Waals surface area contributed by atoms with Crippen molar-refractivity contribution in [2.24, 2.45) is 0 Å². The van der Waals surface area contributed by atoms with E-state index in [2.05, 4.69) is 5.10 Å². The van der Waals surface area contributed by atoms with Gasteiger partial charge in [-0.2, -0.15) is 9.94 Å². The zero-order valence-corrected chi connectivity index (χ0v) is 12.3. The molecule has 1 aliphatic rings. The Balaban J connectivity index is 1.97. The Hall–Kier alpha value is -2.17. The third-order valence-electron chi connectivity index (χ3n) is 3.05. The Morgan fingerprint density at radius 3 is 2.62 bits per heavy atom. The van der Waals surface area contributed by atoms with E-state index < -0.39 is 5.69 Å². The van der Waals surface area contributed by atoms with E-state index in [1.807, 2.05) is 6.07 Å². The number of thiocarbonyl (C=S) groups is 1. The summed E-state index contributed by atoms with van der Waals surface area (Å²) in [6.07, 6.45) is 1.79. The molecule has 0 atom stereocenters. The Bertz CT molecular complexity index is 799. The largest absolute Gasteiger partial charge is 0.424 e. The molecule has 106 valence electrons. The number of benzene rings is 1. The number of ether oxygens (including phenoxy) is 1. The van der Waals surface area contributed by atoms with Gasteiger partial charge in [-0.3, -0.25) is 0 Å². The Labute approximate surface area is 130 Å². The normalized spacial score (nSPS) is 13.7. The zero-order chi connectivity index (χ0) is 15.0. The molecule has 0 spiro atoms. The molecular formula is C13H9ClN4O2S. The minimum absolute atomic E-state index is 0.0747. The van der Waals surface area contributed by atoms with Crippen LogP contribution in [0.1, 0.15) is 24.4 Å². The van der Waals surface area contributed by atoms with E-state index in [-0.39, 0.29) is 16.5 Å². The van der Waals surface area contributed by atoms with Crippen molar-refractivity contribution in [3.8, 4) is 17.8 Å². The molecule has 8 heteroatoms. The van der Waals surface area contributed by atoms with Crippen LogP contribution in [0.5, 0.6) is 11.8 Å². The van der Waals surface area contributed by atoms with Crippen LogP contribution < -0.4 is 10.4 Å². The number of nitrogens with zero attached hydrogens (tertiary/aromatic N) is 4. The van der Waals surface area contributed by atoms with Gasteiger partial charge < -0.3 is 4.74 Å². The van der Waals surface area contributed by atoms with Gasteiger partial charge in [-0.1, -0.05) is 0 Å². The molecule has 1 heterocycles. The number of hydrogen-bond donors (Lipinski definition) is 0. The zero-order valence-electron chi connectivity index (χ0n) is 10.7. The van der Waals surface area contributed by atoms with Crippen LogP contribution in [0.4, 0.5) is 0 Å². The van der Waals surface area contributed by atoms with Crippen LogP contribution in [0.2, 0.25) is 0 Å². The first-order valence-corrected chi connectivity index (χ1v) is 6.98. The highest BCUT2D eigenvalue weighted by Gasteiger charge is 2.31. The van der Waals surface area contributed by atoms with E-state index >= 15 is 0 Å². The van der Waals surface area contributed by atoms with E-state index in [1.54, 1.807) is 24.3 Å². The van der Waals surface area contributed by atoms with Crippen molar-refractivity contribution in [2.45, 2.75) is 18.9 Å². The molecule has 2 aromatic rings. The Kier molecular flexibility index (Phi) is 3.49. The summed E-state index contributed by atoms with van der Waals surface area (Å²) in [5.41, 5.74) is 0.121. The quantitative estimate of drug-likeness (QED) is 0.641. The molecule has 1 aromatic carbocycles. The van der Waals surface area contributed by atoms with Crippen LogP contribution in [0.3, 0.4) is 0 Å². The van der Waals surface area contributed by atoms with Crippen molar-refractivity contribution >= 4 is 28.3 Å². The maximum absolute atomic E-state index is 12.2. The van der Waals surface area contributed by atoms with Crippen LogP contribution in [0, 0.1) is 11.3 Å². The highest BCUT2D eigenvalue weighted by molar-refractivity contribution is 7.83. The molecule has 1 fully saturated rings. The molecule has 1 aromatic heterocycles. The van der Waals surface area contributed by atoms with E-state index in [0.717, 1.165) is 17.5 Å². The van der Waals surface area contributed by atoms with Crippen LogP contribution in [0.25, 0.3) is 0 Å². The molecule has 1 saturated carbocycles. The maximum Gasteiger partial charge on any atom is 0.355 e. The van der Waals surface area contributed by atoms with E-state index in [4.69, 9.17) is 33.8 Å². The summed E-state index contributed by atoms with van der Waals surface area (Å²) in [6, 6.07) is 8.76. The van der Waals surface area contributed by atoms with Crippen molar-refractivity contribution in [1.82, 2.24) is 14.3 Å². The molecule has 0 amide bonds. The predicted molar refractivity (Wildman–Crippen MR) is 79.8 cm³/mol. The van der Waals surface area contributed by atoms with Gasteiger partial charge in [0.15, 0.2) is 4.45 Å². The second-order valence-electron chi connectivity index (χ2n) is 4.57. The topological polar surface area (TPSA) is 72.8 Å². The number of halogens is 1. The number of nitriles is 1. The first-order valence-electron chi connectivity index (χ1n) is 6.19. The molecule has 21 heavy (non-hydrogen) atoms. The molecule has 6 nitrogen and oxygen atoms in total. The second kappa shape index (κ2) is 5.31. The molecule has 0 aliphatic heterocycles. The molecule has 1 aliphatic carbocycles. The first kappa shape index (κ1) is 13.8. The summed E-state index contributed by atoms with van der Waals surface area (Å²) < 4.78 is 7.87. The third kappa shape index (κ3) is 2.68. The van der Waals surface area contributed by atoms with Gasteiger partial charge in [-0.25, -0.2) is 9.36 Å². The SMILES string of the molecule is N#Cc1ccc(Oc2nn(C(=S)Cl)c(=O)n2C2CC2)cc1. The van der Waals surface area contributed by atoms with Gasteiger partial charge in [-0.15, -0.1) is 5.10 Å². The van der Waals surface area contributed by atoms with Crippen molar-refractivity contribution in [2.75, 3.05) is 0 Å². The van der Waals surface area contributed by atoms with Gasteiger partial charge in [0.1, 0.15) is 5.75 Å². The van der Waals surface area contributed by atoms with Crippen molar-refractivity contribution < 1.29 is 4.74 Å². The lowest BCUT2D eigenvalue weighted by atomic mass is 10.2. The lowest BCUT2D eigenvalue weighted by molar-refractivity contribution is 0.408.